The first kappa shape index (κ1) is 10.5. The summed E-state index contributed by atoms with van der Waals surface area (Å²) in [5.41, 5.74) is 4.53. The standard InChI is InChI=1S/C14H21N/c1-10-7-8-15-13-6-5-11(9-12(10)13)14(2,3)4/h5-6,9-10,15H,7-8H2,1-4H3. The third-order valence-corrected chi connectivity index (χ3v) is 3.34. The largest absolute Gasteiger partial charge is 0.385 e. The zero-order valence-corrected chi connectivity index (χ0v) is 10.2. The number of hydrogen-bond donors (Lipinski definition) is 1. The molecule has 1 aromatic carbocycles. The van der Waals surface area contributed by atoms with Crippen molar-refractivity contribution in [3.63, 3.8) is 0 Å². The number of fused-ring (bicyclic) bond motifs is 1. The minimum Gasteiger partial charge on any atom is -0.385 e. The molecule has 1 unspecified atom stereocenters. The number of nitrogens with one attached hydrogen (secondary N) is 1. The van der Waals surface area contributed by atoms with Crippen LogP contribution >= 0.6 is 0 Å². The second-order valence-electron chi connectivity index (χ2n) is 5.67. The van der Waals surface area contributed by atoms with E-state index in [9.17, 15) is 0 Å². The Bertz CT molecular complexity index is 360. The van der Waals surface area contributed by atoms with Crippen LogP contribution in [0.4, 0.5) is 5.69 Å². The van der Waals surface area contributed by atoms with Crippen LogP contribution in [0.2, 0.25) is 0 Å². The van der Waals surface area contributed by atoms with Crippen LogP contribution in [0.15, 0.2) is 18.2 Å². The second kappa shape index (κ2) is 3.55. The summed E-state index contributed by atoms with van der Waals surface area (Å²) in [7, 11) is 0. The van der Waals surface area contributed by atoms with Gasteiger partial charge in [0.2, 0.25) is 0 Å². The highest BCUT2D eigenvalue weighted by Gasteiger charge is 2.20. The molecule has 1 heterocycles. The summed E-state index contributed by atoms with van der Waals surface area (Å²) >= 11 is 0. The molecule has 1 aromatic rings. The highest BCUT2D eigenvalue weighted by atomic mass is 14.9. The molecule has 0 bridgehead atoms. The smallest absolute Gasteiger partial charge is 0.0375 e. The van der Waals surface area contributed by atoms with Gasteiger partial charge in [0.25, 0.3) is 0 Å². The molecular formula is C14H21N. The molecule has 1 aliphatic rings. The molecule has 1 aliphatic heterocycles. The van der Waals surface area contributed by atoms with Gasteiger partial charge in [-0.2, -0.15) is 0 Å². The van der Waals surface area contributed by atoms with Crippen LogP contribution in [-0.2, 0) is 5.41 Å². The highest BCUT2D eigenvalue weighted by molar-refractivity contribution is 5.56. The Morgan fingerprint density at radius 1 is 1.27 bits per heavy atom. The van der Waals surface area contributed by atoms with E-state index < -0.39 is 0 Å². The summed E-state index contributed by atoms with van der Waals surface area (Å²) in [5, 5.41) is 3.47. The van der Waals surface area contributed by atoms with Crippen molar-refractivity contribution in [1.29, 1.82) is 0 Å². The van der Waals surface area contributed by atoms with Gasteiger partial charge in [0.1, 0.15) is 0 Å². The SMILES string of the molecule is CC1CCNc2ccc(C(C)(C)C)cc21. The molecule has 0 spiro atoms. The molecule has 82 valence electrons. The number of rotatable bonds is 0. The molecule has 0 saturated carbocycles. The summed E-state index contributed by atoms with van der Waals surface area (Å²) in [6.07, 6.45) is 1.25. The first-order valence-corrected chi connectivity index (χ1v) is 5.87. The van der Waals surface area contributed by atoms with Crippen molar-refractivity contribution in [3.05, 3.63) is 29.3 Å². The molecule has 0 radical (unpaired) electrons. The predicted molar refractivity (Wildman–Crippen MR) is 66.7 cm³/mol. The van der Waals surface area contributed by atoms with E-state index in [1.165, 1.54) is 23.2 Å². The third kappa shape index (κ3) is 2.01. The Kier molecular flexibility index (Phi) is 2.49. The first-order valence-electron chi connectivity index (χ1n) is 5.87. The summed E-state index contributed by atoms with van der Waals surface area (Å²) in [4.78, 5) is 0. The summed E-state index contributed by atoms with van der Waals surface area (Å²) in [6, 6.07) is 6.88. The van der Waals surface area contributed by atoms with Crippen LogP contribution in [0, 0.1) is 0 Å². The van der Waals surface area contributed by atoms with Gasteiger partial charge in [-0.15, -0.1) is 0 Å². The van der Waals surface area contributed by atoms with Crippen molar-refractivity contribution in [2.75, 3.05) is 11.9 Å². The summed E-state index contributed by atoms with van der Waals surface area (Å²) in [5.74, 6) is 0.698. The number of benzene rings is 1. The van der Waals surface area contributed by atoms with Gasteiger partial charge in [-0.05, 0) is 34.9 Å². The lowest BCUT2D eigenvalue weighted by Gasteiger charge is -2.27. The van der Waals surface area contributed by atoms with E-state index in [1.54, 1.807) is 0 Å². The summed E-state index contributed by atoms with van der Waals surface area (Å²) in [6.45, 7) is 10.3. The van der Waals surface area contributed by atoms with Crippen molar-refractivity contribution in [2.24, 2.45) is 0 Å². The predicted octanol–water partition coefficient (Wildman–Crippen LogP) is 3.90. The zero-order valence-electron chi connectivity index (χ0n) is 10.2. The topological polar surface area (TPSA) is 12.0 Å². The van der Waals surface area contributed by atoms with Crippen LogP contribution in [0.1, 0.15) is 51.2 Å². The van der Waals surface area contributed by atoms with Gasteiger partial charge in [0, 0.05) is 12.2 Å². The molecule has 0 fully saturated rings. The molecule has 0 saturated heterocycles. The average Bonchev–Trinajstić information content (AvgIpc) is 2.16. The molecule has 1 heteroatoms. The second-order valence-corrected chi connectivity index (χ2v) is 5.67. The van der Waals surface area contributed by atoms with Crippen molar-refractivity contribution in [1.82, 2.24) is 0 Å². The van der Waals surface area contributed by atoms with Crippen LogP contribution in [-0.4, -0.2) is 6.54 Å². The molecule has 0 aromatic heterocycles. The van der Waals surface area contributed by atoms with Gasteiger partial charge in [-0.25, -0.2) is 0 Å². The van der Waals surface area contributed by atoms with Gasteiger partial charge < -0.3 is 5.32 Å². The van der Waals surface area contributed by atoms with E-state index in [2.05, 4.69) is 51.2 Å². The van der Waals surface area contributed by atoms with Crippen molar-refractivity contribution in [3.8, 4) is 0 Å². The van der Waals surface area contributed by atoms with Crippen LogP contribution < -0.4 is 5.32 Å². The van der Waals surface area contributed by atoms with E-state index in [-0.39, 0.29) is 5.41 Å². The van der Waals surface area contributed by atoms with Crippen molar-refractivity contribution in [2.45, 2.75) is 45.4 Å². The maximum absolute atomic E-state index is 3.47. The fourth-order valence-electron chi connectivity index (χ4n) is 2.18. The Morgan fingerprint density at radius 2 is 2.00 bits per heavy atom. The Balaban J connectivity index is 2.44. The maximum atomic E-state index is 3.47. The molecule has 0 amide bonds. The molecule has 1 nitrogen and oxygen atoms in total. The fraction of sp³-hybridized carbons (Fsp3) is 0.571. The van der Waals surface area contributed by atoms with Crippen LogP contribution in [0.3, 0.4) is 0 Å². The van der Waals surface area contributed by atoms with E-state index in [1.807, 2.05) is 0 Å². The third-order valence-electron chi connectivity index (χ3n) is 3.34. The molecule has 2 rings (SSSR count). The molecule has 15 heavy (non-hydrogen) atoms. The molecule has 1 N–H and O–H groups in total. The van der Waals surface area contributed by atoms with E-state index in [0.29, 0.717) is 5.92 Å². The van der Waals surface area contributed by atoms with Crippen molar-refractivity contribution >= 4 is 5.69 Å². The maximum Gasteiger partial charge on any atom is 0.0375 e. The monoisotopic (exact) mass is 203 g/mol. The number of anilines is 1. The van der Waals surface area contributed by atoms with Crippen LogP contribution in [0.5, 0.6) is 0 Å². The molecule has 1 atom stereocenters. The molecule has 0 aliphatic carbocycles. The van der Waals surface area contributed by atoms with Gasteiger partial charge in [0.05, 0.1) is 0 Å². The van der Waals surface area contributed by atoms with E-state index >= 15 is 0 Å². The van der Waals surface area contributed by atoms with Gasteiger partial charge in [-0.3, -0.25) is 0 Å². The lowest BCUT2D eigenvalue weighted by molar-refractivity contribution is 0.586. The average molecular weight is 203 g/mol. The normalized spacial score (nSPS) is 20.7. The van der Waals surface area contributed by atoms with E-state index in [4.69, 9.17) is 0 Å². The Hall–Kier alpha value is -0.980. The minimum atomic E-state index is 0.256. The first-order chi connectivity index (χ1) is 6.98. The van der Waals surface area contributed by atoms with E-state index in [0.717, 1.165) is 6.54 Å². The number of hydrogen-bond acceptors (Lipinski definition) is 1. The summed E-state index contributed by atoms with van der Waals surface area (Å²) < 4.78 is 0. The highest BCUT2D eigenvalue weighted by Crippen LogP contribution is 2.34. The zero-order chi connectivity index (χ0) is 11.1. The van der Waals surface area contributed by atoms with Gasteiger partial charge in [-0.1, -0.05) is 39.8 Å². The van der Waals surface area contributed by atoms with Crippen molar-refractivity contribution < 1.29 is 0 Å². The van der Waals surface area contributed by atoms with Gasteiger partial charge in [0.15, 0.2) is 0 Å². The Morgan fingerprint density at radius 3 is 2.67 bits per heavy atom. The van der Waals surface area contributed by atoms with Gasteiger partial charge >= 0.3 is 0 Å². The van der Waals surface area contributed by atoms with Crippen LogP contribution in [0.25, 0.3) is 0 Å². The Labute approximate surface area is 92.9 Å². The lowest BCUT2D eigenvalue weighted by atomic mass is 9.83. The fourth-order valence-corrected chi connectivity index (χ4v) is 2.18. The quantitative estimate of drug-likeness (QED) is 0.674. The lowest BCUT2D eigenvalue weighted by Crippen LogP contribution is -2.17. The minimum absolute atomic E-state index is 0.256. The molecular weight excluding hydrogens is 182 g/mol.